The van der Waals surface area contributed by atoms with E-state index in [1.165, 1.54) is 4.88 Å². The third kappa shape index (κ3) is 1.90. The highest BCUT2D eigenvalue weighted by atomic mass is 32.1. The molecular formula is C8H11N5S. The van der Waals surface area contributed by atoms with Gasteiger partial charge in [-0.05, 0) is 6.92 Å². The zero-order valence-electron chi connectivity index (χ0n) is 8.06. The molecule has 0 atom stereocenters. The molecule has 0 radical (unpaired) electrons. The molecular weight excluding hydrogens is 198 g/mol. The van der Waals surface area contributed by atoms with E-state index in [0.29, 0.717) is 6.54 Å². The normalized spacial score (nSPS) is 10.4. The maximum atomic E-state index is 4.20. The van der Waals surface area contributed by atoms with E-state index in [-0.39, 0.29) is 0 Å². The third-order valence-corrected chi connectivity index (χ3v) is 2.72. The molecule has 6 heteroatoms. The van der Waals surface area contributed by atoms with Gasteiger partial charge in [-0.25, -0.2) is 4.98 Å². The first-order valence-electron chi connectivity index (χ1n) is 4.25. The predicted molar refractivity (Wildman–Crippen MR) is 55.2 cm³/mol. The Labute approximate surface area is 85.8 Å². The Morgan fingerprint density at radius 1 is 1.50 bits per heavy atom. The van der Waals surface area contributed by atoms with Crippen LogP contribution < -0.4 is 5.32 Å². The van der Waals surface area contributed by atoms with E-state index in [0.717, 1.165) is 10.8 Å². The van der Waals surface area contributed by atoms with Gasteiger partial charge in [0.2, 0.25) is 0 Å². The minimum atomic E-state index is 0.705. The molecule has 14 heavy (non-hydrogen) atoms. The summed E-state index contributed by atoms with van der Waals surface area (Å²) < 4.78 is 1.74. The van der Waals surface area contributed by atoms with Gasteiger partial charge in [-0.1, -0.05) is 5.21 Å². The van der Waals surface area contributed by atoms with Gasteiger partial charge >= 0.3 is 0 Å². The zero-order valence-corrected chi connectivity index (χ0v) is 8.88. The molecule has 0 saturated heterocycles. The molecule has 2 heterocycles. The van der Waals surface area contributed by atoms with Crippen molar-refractivity contribution in [1.29, 1.82) is 0 Å². The Bertz CT molecular complexity index is 419. The molecule has 5 nitrogen and oxygen atoms in total. The largest absolute Gasteiger partial charge is 0.356 e. The van der Waals surface area contributed by atoms with Gasteiger partial charge in [0.15, 0.2) is 5.13 Å². The van der Waals surface area contributed by atoms with Gasteiger partial charge in [0.25, 0.3) is 0 Å². The number of aryl methyl sites for hydroxylation is 2. The average molecular weight is 209 g/mol. The molecule has 0 aromatic carbocycles. The molecule has 0 fully saturated rings. The summed E-state index contributed by atoms with van der Waals surface area (Å²) in [6.07, 6.45) is 3.60. The fraction of sp³-hybridized carbons (Fsp3) is 0.375. The van der Waals surface area contributed by atoms with E-state index in [2.05, 4.69) is 20.6 Å². The quantitative estimate of drug-likeness (QED) is 0.825. The summed E-state index contributed by atoms with van der Waals surface area (Å²) in [5, 5.41) is 11.8. The van der Waals surface area contributed by atoms with Crippen molar-refractivity contribution in [3.8, 4) is 0 Å². The van der Waals surface area contributed by atoms with Crippen molar-refractivity contribution in [1.82, 2.24) is 20.0 Å². The van der Waals surface area contributed by atoms with E-state index in [9.17, 15) is 0 Å². The highest BCUT2D eigenvalue weighted by Crippen LogP contribution is 2.16. The lowest BCUT2D eigenvalue weighted by Crippen LogP contribution is -2.04. The van der Waals surface area contributed by atoms with Crippen molar-refractivity contribution in [3.63, 3.8) is 0 Å². The van der Waals surface area contributed by atoms with Crippen molar-refractivity contribution in [2.75, 3.05) is 5.32 Å². The third-order valence-electron chi connectivity index (χ3n) is 1.85. The van der Waals surface area contributed by atoms with Crippen LogP contribution in [0.25, 0.3) is 0 Å². The van der Waals surface area contributed by atoms with Crippen LogP contribution >= 0.6 is 11.3 Å². The Morgan fingerprint density at radius 3 is 2.93 bits per heavy atom. The average Bonchev–Trinajstić information content (AvgIpc) is 2.72. The number of anilines is 1. The standard InChI is InChI=1S/C8H11N5S/c1-6-3-9-8(14-6)10-4-7-5-11-12-13(7)2/h3,5H,4H2,1-2H3,(H,9,10). The molecule has 2 aromatic heterocycles. The van der Waals surface area contributed by atoms with Gasteiger partial charge in [-0.2, -0.15) is 0 Å². The van der Waals surface area contributed by atoms with Crippen LogP contribution in [0.1, 0.15) is 10.6 Å². The Hall–Kier alpha value is -1.43. The summed E-state index contributed by atoms with van der Waals surface area (Å²) in [6.45, 7) is 2.74. The first kappa shape index (κ1) is 9.14. The zero-order chi connectivity index (χ0) is 9.97. The van der Waals surface area contributed by atoms with Crippen LogP contribution in [-0.2, 0) is 13.6 Å². The molecule has 0 aliphatic heterocycles. The van der Waals surface area contributed by atoms with Crippen LogP contribution in [0.3, 0.4) is 0 Å². The number of hydrogen-bond donors (Lipinski definition) is 1. The maximum Gasteiger partial charge on any atom is 0.183 e. The maximum absolute atomic E-state index is 4.20. The minimum absolute atomic E-state index is 0.705. The fourth-order valence-electron chi connectivity index (χ4n) is 1.07. The van der Waals surface area contributed by atoms with Crippen LogP contribution in [0.15, 0.2) is 12.4 Å². The summed E-state index contributed by atoms with van der Waals surface area (Å²) in [4.78, 5) is 5.41. The molecule has 0 spiro atoms. The second kappa shape index (κ2) is 3.75. The summed E-state index contributed by atoms with van der Waals surface area (Å²) >= 11 is 1.64. The van der Waals surface area contributed by atoms with Crippen LogP contribution in [0.5, 0.6) is 0 Å². The minimum Gasteiger partial charge on any atom is -0.356 e. The highest BCUT2D eigenvalue weighted by molar-refractivity contribution is 7.15. The van der Waals surface area contributed by atoms with Gasteiger partial charge in [-0.3, -0.25) is 4.68 Å². The first-order chi connectivity index (χ1) is 6.75. The predicted octanol–water partition coefficient (Wildman–Crippen LogP) is 1.19. The molecule has 0 unspecified atom stereocenters. The Kier molecular flexibility index (Phi) is 2.45. The summed E-state index contributed by atoms with van der Waals surface area (Å²) in [7, 11) is 1.87. The lowest BCUT2D eigenvalue weighted by molar-refractivity contribution is 0.683. The molecule has 0 saturated carbocycles. The van der Waals surface area contributed by atoms with Crippen LogP contribution in [0.4, 0.5) is 5.13 Å². The van der Waals surface area contributed by atoms with Gasteiger partial charge < -0.3 is 5.32 Å². The Balaban J connectivity index is 1.98. The smallest absolute Gasteiger partial charge is 0.183 e. The van der Waals surface area contributed by atoms with E-state index < -0.39 is 0 Å². The molecule has 1 N–H and O–H groups in total. The molecule has 0 aliphatic carbocycles. The summed E-state index contributed by atoms with van der Waals surface area (Å²) in [6, 6.07) is 0. The van der Waals surface area contributed by atoms with E-state index in [1.54, 1.807) is 22.2 Å². The topological polar surface area (TPSA) is 55.6 Å². The van der Waals surface area contributed by atoms with Crippen molar-refractivity contribution in [2.24, 2.45) is 7.05 Å². The van der Waals surface area contributed by atoms with Gasteiger partial charge in [0.05, 0.1) is 18.4 Å². The van der Waals surface area contributed by atoms with Gasteiger partial charge in [-0.15, -0.1) is 16.4 Å². The number of nitrogens with one attached hydrogen (secondary N) is 1. The fourth-order valence-corrected chi connectivity index (χ4v) is 1.73. The van der Waals surface area contributed by atoms with E-state index >= 15 is 0 Å². The van der Waals surface area contributed by atoms with Crippen molar-refractivity contribution in [3.05, 3.63) is 23.0 Å². The van der Waals surface area contributed by atoms with Gasteiger partial charge in [0, 0.05) is 18.1 Å². The van der Waals surface area contributed by atoms with Crippen molar-refractivity contribution >= 4 is 16.5 Å². The van der Waals surface area contributed by atoms with Crippen molar-refractivity contribution in [2.45, 2.75) is 13.5 Å². The summed E-state index contributed by atoms with van der Waals surface area (Å²) in [5.41, 5.74) is 1.04. The SMILES string of the molecule is Cc1cnc(NCc2cnnn2C)s1. The second-order valence-electron chi connectivity index (χ2n) is 2.98. The van der Waals surface area contributed by atoms with Crippen molar-refractivity contribution < 1.29 is 0 Å². The lowest BCUT2D eigenvalue weighted by Gasteiger charge is -2.00. The Morgan fingerprint density at radius 2 is 2.36 bits per heavy atom. The lowest BCUT2D eigenvalue weighted by atomic mass is 10.5. The summed E-state index contributed by atoms with van der Waals surface area (Å²) in [5.74, 6) is 0. The molecule has 0 amide bonds. The number of hydrogen-bond acceptors (Lipinski definition) is 5. The number of aromatic nitrogens is 4. The molecule has 0 bridgehead atoms. The van der Waals surface area contributed by atoms with Crippen LogP contribution in [0.2, 0.25) is 0 Å². The number of rotatable bonds is 3. The molecule has 0 aliphatic rings. The van der Waals surface area contributed by atoms with E-state index in [1.807, 2.05) is 20.2 Å². The molecule has 2 rings (SSSR count). The first-order valence-corrected chi connectivity index (χ1v) is 5.07. The number of thiazole rings is 1. The monoisotopic (exact) mass is 209 g/mol. The van der Waals surface area contributed by atoms with Gasteiger partial charge in [0.1, 0.15) is 0 Å². The second-order valence-corrected chi connectivity index (χ2v) is 4.21. The highest BCUT2D eigenvalue weighted by Gasteiger charge is 2.01. The van der Waals surface area contributed by atoms with Crippen LogP contribution in [0, 0.1) is 6.92 Å². The van der Waals surface area contributed by atoms with Crippen LogP contribution in [-0.4, -0.2) is 20.0 Å². The molecule has 2 aromatic rings. The number of nitrogens with zero attached hydrogens (tertiary/aromatic N) is 4. The van der Waals surface area contributed by atoms with E-state index in [4.69, 9.17) is 0 Å². The molecule has 74 valence electrons.